The highest BCUT2D eigenvalue weighted by Crippen LogP contribution is 2.25. The first-order valence-corrected chi connectivity index (χ1v) is 6.35. The first-order chi connectivity index (χ1) is 7.88. The van der Waals surface area contributed by atoms with Crippen LogP contribution in [0, 0.1) is 5.92 Å². The minimum absolute atomic E-state index is 0.728. The minimum Gasteiger partial charge on any atom is -0.494 e. The van der Waals surface area contributed by atoms with E-state index in [1.54, 1.807) is 0 Å². The Labute approximate surface area is 98.0 Å². The van der Waals surface area contributed by atoms with Gasteiger partial charge in [-0.15, -0.1) is 0 Å². The van der Waals surface area contributed by atoms with Crippen molar-refractivity contribution in [2.45, 2.75) is 32.6 Å². The smallest absolute Gasteiger partial charge is 0.121 e. The summed E-state index contributed by atoms with van der Waals surface area (Å²) >= 11 is 0. The van der Waals surface area contributed by atoms with Crippen LogP contribution in [0.15, 0.2) is 24.3 Å². The van der Waals surface area contributed by atoms with Gasteiger partial charge in [0.05, 0.1) is 6.61 Å². The molecule has 1 aromatic rings. The zero-order valence-electron chi connectivity index (χ0n) is 10.0. The highest BCUT2D eigenvalue weighted by molar-refractivity contribution is 5.48. The average molecular weight is 219 g/mol. The number of rotatable bonds is 5. The molecule has 0 bridgehead atoms. The van der Waals surface area contributed by atoms with Crippen molar-refractivity contribution >= 4 is 5.69 Å². The van der Waals surface area contributed by atoms with Crippen molar-refractivity contribution < 1.29 is 4.74 Å². The number of hydrogen-bond donors (Lipinski definition) is 1. The van der Waals surface area contributed by atoms with Crippen LogP contribution in [0.4, 0.5) is 5.69 Å². The van der Waals surface area contributed by atoms with E-state index in [-0.39, 0.29) is 0 Å². The molecule has 1 fully saturated rings. The molecule has 2 nitrogen and oxygen atoms in total. The first-order valence-electron chi connectivity index (χ1n) is 6.35. The minimum atomic E-state index is 0.728. The molecule has 0 radical (unpaired) electrons. The lowest BCUT2D eigenvalue weighted by Crippen LogP contribution is -2.10. The molecule has 2 rings (SSSR count). The van der Waals surface area contributed by atoms with Gasteiger partial charge < -0.3 is 10.1 Å². The molecule has 0 amide bonds. The molecular weight excluding hydrogens is 198 g/mol. The molecule has 1 aliphatic carbocycles. The Kier molecular flexibility index (Phi) is 4.09. The van der Waals surface area contributed by atoms with Gasteiger partial charge in [0.15, 0.2) is 0 Å². The second-order valence-corrected chi connectivity index (χ2v) is 4.49. The van der Waals surface area contributed by atoms with Gasteiger partial charge in [0.25, 0.3) is 0 Å². The Morgan fingerprint density at radius 3 is 2.88 bits per heavy atom. The van der Waals surface area contributed by atoms with Crippen molar-refractivity contribution in [3.8, 4) is 5.75 Å². The van der Waals surface area contributed by atoms with Crippen LogP contribution in [-0.4, -0.2) is 13.2 Å². The van der Waals surface area contributed by atoms with Crippen molar-refractivity contribution in [1.29, 1.82) is 0 Å². The molecule has 16 heavy (non-hydrogen) atoms. The van der Waals surface area contributed by atoms with Gasteiger partial charge in [-0.2, -0.15) is 0 Å². The lowest BCUT2D eigenvalue weighted by Gasteiger charge is -2.12. The summed E-state index contributed by atoms with van der Waals surface area (Å²) in [6.45, 7) is 3.85. The molecule has 88 valence electrons. The monoisotopic (exact) mass is 219 g/mol. The van der Waals surface area contributed by atoms with Gasteiger partial charge in [-0.05, 0) is 37.8 Å². The van der Waals surface area contributed by atoms with Crippen LogP contribution in [0.1, 0.15) is 32.6 Å². The second-order valence-electron chi connectivity index (χ2n) is 4.49. The quantitative estimate of drug-likeness (QED) is 0.815. The molecule has 1 N–H and O–H groups in total. The lowest BCUT2D eigenvalue weighted by atomic mass is 10.1. The van der Waals surface area contributed by atoms with E-state index in [9.17, 15) is 0 Å². The summed E-state index contributed by atoms with van der Waals surface area (Å²) in [6, 6.07) is 8.24. The zero-order valence-corrected chi connectivity index (χ0v) is 10.0. The number of hydrogen-bond acceptors (Lipinski definition) is 2. The van der Waals surface area contributed by atoms with Gasteiger partial charge in [-0.25, -0.2) is 0 Å². The van der Waals surface area contributed by atoms with Crippen molar-refractivity contribution in [3.63, 3.8) is 0 Å². The van der Waals surface area contributed by atoms with Crippen LogP contribution in [0.5, 0.6) is 5.75 Å². The van der Waals surface area contributed by atoms with Crippen molar-refractivity contribution in [3.05, 3.63) is 24.3 Å². The van der Waals surface area contributed by atoms with Crippen molar-refractivity contribution in [2.24, 2.45) is 5.92 Å². The van der Waals surface area contributed by atoms with Crippen LogP contribution < -0.4 is 10.1 Å². The summed E-state index contributed by atoms with van der Waals surface area (Å²) in [6.07, 6.45) is 5.59. The highest BCUT2D eigenvalue weighted by Gasteiger charge is 2.14. The maximum Gasteiger partial charge on any atom is 0.121 e. The van der Waals surface area contributed by atoms with E-state index in [0.29, 0.717) is 0 Å². The molecule has 0 saturated heterocycles. The first kappa shape index (κ1) is 11.3. The predicted octanol–water partition coefficient (Wildman–Crippen LogP) is 3.69. The second kappa shape index (κ2) is 5.78. The number of benzene rings is 1. The Morgan fingerprint density at radius 1 is 1.31 bits per heavy atom. The average Bonchev–Trinajstić information content (AvgIpc) is 2.80. The maximum absolute atomic E-state index is 5.48. The molecule has 0 spiro atoms. The molecule has 2 heteroatoms. The van der Waals surface area contributed by atoms with Crippen LogP contribution in [0.2, 0.25) is 0 Å². The molecule has 1 aromatic carbocycles. The summed E-state index contributed by atoms with van der Waals surface area (Å²) in [4.78, 5) is 0. The third kappa shape index (κ3) is 3.16. The van der Waals surface area contributed by atoms with Gasteiger partial charge in [-0.3, -0.25) is 0 Å². The summed E-state index contributed by atoms with van der Waals surface area (Å²) in [5.74, 6) is 1.83. The number of ether oxygens (including phenoxy) is 1. The number of anilines is 1. The Hall–Kier alpha value is -1.18. The lowest BCUT2D eigenvalue weighted by molar-refractivity contribution is 0.340. The third-order valence-corrected chi connectivity index (χ3v) is 3.21. The topological polar surface area (TPSA) is 21.3 Å². The van der Waals surface area contributed by atoms with E-state index in [1.807, 2.05) is 19.1 Å². The van der Waals surface area contributed by atoms with Crippen LogP contribution in [0.3, 0.4) is 0 Å². The third-order valence-electron chi connectivity index (χ3n) is 3.21. The largest absolute Gasteiger partial charge is 0.494 e. The molecular formula is C14H21NO. The van der Waals surface area contributed by atoms with E-state index in [1.165, 1.54) is 31.4 Å². The van der Waals surface area contributed by atoms with Gasteiger partial charge in [0, 0.05) is 18.3 Å². The zero-order chi connectivity index (χ0) is 11.2. The molecule has 0 heterocycles. The van der Waals surface area contributed by atoms with Crippen LogP contribution in [-0.2, 0) is 0 Å². The Bertz CT molecular complexity index is 318. The van der Waals surface area contributed by atoms with E-state index in [4.69, 9.17) is 4.74 Å². The SMILES string of the molecule is CCOc1cccc(NCC2CCCC2)c1. The van der Waals surface area contributed by atoms with E-state index >= 15 is 0 Å². The van der Waals surface area contributed by atoms with E-state index < -0.39 is 0 Å². The van der Waals surface area contributed by atoms with Gasteiger partial charge >= 0.3 is 0 Å². The maximum atomic E-state index is 5.48. The molecule has 0 aromatic heterocycles. The van der Waals surface area contributed by atoms with Crippen LogP contribution in [0.25, 0.3) is 0 Å². The Balaban J connectivity index is 1.85. The molecule has 0 aliphatic heterocycles. The van der Waals surface area contributed by atoms with Gasteiger partial charge in [0.1, 0.15) is 5.75 Å². The highest BCUT2D eigenvalue weighted by atomic mass is 16.5. The summed E-state index contributed by atoms with van der Waals surface area (Å²) in [7, 11) is 0. The van der Waals surface area contributed by atoms with Gasteiger partial charge in [-0.1, -0.05) is 18.9 Å². The summed E-state index contributed by atoms with van der Waals surface area (Å²) < 4.78 is 5.48. The number of nitrogens with one attached hydrogen (secondary N) is 1. The molecule has 0 atom stereocenters. The standard InChI is InChI=1S/C14H21NO/c1-2-16-14-9-5-8-13(10-14)15-11-12-6-3-4-7-12/h5,8-10,12,15H,2-4,6-7,11H2,1H3. The molecule has 1 aliphatic rings. The fourth-order valence-electron chi connectivity index (χ4n) is 2.34. The Morgan fingerprint density at radius 2 is 2.12 bits per heavy atom. The van der Waals surface area contributed by atoms with E-state index in [0.717, 1.165) is 24.8 Å². The van der Waals surface area contributed by atoms with Crippen LogP contribution >= 0.6 is 0 Å². The molecule has 0 unspecified atom stereocenters. The summed E-state index contributed by atoms with van der Waals surface area (Å²) in [5.41, 5.74) is 1.18. The summed E-state index contributed by atoms with van der Waals surface area (Å²) in [5, 5.41) is 3.51. The van der Waals surface area contributed by atoms with Gasteiger partial charge in [0.2, 0.25) is 0 Å². The normalized spacial score (nSPS) is 16.3. The van der Waals surface area contributed by atoms with Crippen molar-refractivity contribution in [2.75, 3.05) is 18.5 Å². The fraction of sp³-hybridized carbons (Fsp3) is 0.571. The fourth-order valence-corrected chi connectivity index (χ4v) is 2.34. The van der Waals surface area contributed by atoms with E-state index in [2.05, 4.69) is 17.4 Å². The van der Waals surface area contributed by atoms with Crippen molar-refractivity contribution in [1.82, 2.24) is 0 Å². The molecule has 1 saturated carbocycles. The predicted molar refractivity (Wildman–Crippen MR) is 68.1 cm³/mol.